The zero-order valence-electron chi connectivity index (χ0n) is 10.0. The van der Waals surface area contributed by atoms with Crippen LogP contribution in [-0.4, -0.2) is 35.2 Å². The van der Waals surface area contributed by atoms with Gasteiger partial charge in [-0.3, -0.25) is 0 Å². The quantitative estimate of drug-likeness (QED) is 0.636. The van der Waals surface area contributed by atoms with Crippen molar-refractivity contribution in [1.82, 2.24) is 4.90 Å². The predicted molar refractivity (Wildman–Crippen MR) is 62.4 cm³/mol. The maximum Gasteiger partial charge on any atom is 0.0730 e. The zero-order valence-corrected chi connectivity index (χ0v) is 10.0. The molecule has 0 amide bonds. The minimum atomic E-state index is -0.358. The summed E-state index contributed by atoms with van der Waals surface area (Å²) in [5.74, 6) is 0.679. The van der Waals surface area contributed by atoms with Gasteiger partial charge in [0.15, 0.2) is 0 Å². The molecule has 0 aliphatic rings. The summed E-state index contributed by atoms with van der Waals surface area (Å²) in [5.41, 5.74) is 0. The topological polar surface area (TPSA) is 23.5 Å². The van der Waals surface area contributed by atoms with E-state index >= 15 is 0 Å². The van der Waals surface area contributed by atoms with Gasteiger partial charge in [-0.15, -0.1) is 6.58 Å². The van der Waals surface area contributed by atoms with Crippen molar-refractivity contribution in [2.24, 2.45) is 5.92 Å². The lowest BCUT2D eigenvalue weighted by Crippen LogP contribution is -2.36. The summed E-state index contributed by atoms with van der Waals surface area (Å²) in [7, 11) is 0. The second-order valence-electron chi connectivity index (χ2n) is 4.57. The van der Waals surface area contributed by atoms with Gasteiger partial charge in [-0.25, -0.2) is 0 Å². The first-order chi connectivity index (χ1) is 6.47. The minimum absolute atomic E-state index is 0.358. The maximum absolute atomic E-state index is 9.38. The molecule has 14 heavy (non-hydrogen) atoms. The van der Waals surface area contributed by atoms with Gasteiger partial charge in [-0.1, -0.05) is 19.9 Å². The Morgan fingerprint density at radius 2 is 1.86 bits per heavy atom. The molecule has 0 aromatic carbocycles. The molecule has 0 unspecified atom stereocenters. The number of aliphatic hydroxyl groups is 1. The van der Waals surface area contributed by atoms with Crippen LogP contribution in [0.4, 0.5) is 0 Å². The molecular formula is C12H25NO. The highest BCUT2D eigenvalue weighted by Gasteiger charge is 2.11. The van der Waals surface area contributed by atoms with Gasteiger partial charge in [0, 0.05) is 19.1 Å². The van der Waals surface area contributed by atoms with Gasteiger partial charge in [0.1, 0.15) is 0 Å². The molecule has 0 fully saturated rings. The fourth-order valence-corrected chi connectivity index (χ4v) is 1.45. The van der Waals surface area contributed by atoms with Crippen LogP contribution in [0.1, 0.15) is 34.1 Å². The molecule has 84 valence electrons. The van der Waals surface area contributed by atoms with E-state index in [0.29, 0.717) is 12.0 Å². The molecule has 2 heteroatoms. The fraction of sp³-hybridized carbons (Fsp3) is 0.833. The summed E-state index contributed by atoms with van der Waals surface area (Å²) in [6.07, 6.45) is 2.03. The lowest BCUT2D eigenvalue weighted by Gasteiger charge is -2.28. The summed E-state index contributed by atoms with van der Waals surface area (Å²) in [4.78, 5) is 2.40. The van der Waals surface area contributed by atoms with Crippen molar-refractivity contribution in [2.45, 2.75) is 46.3 Å². The molecule has 2 nitrogen and oxygen atoms in total. The largest absolute Gasteiger partial charge is 0.389 e. The third-order valence-electron chi connectivity index (χ3n) is 2.31. The summed E-state index contributed by atoms with van der Waals surface area (Å²) >= 11 is 0. The summed E-state index contributed by atoms with van der Waals surface area (Å²) in [6.45, 7) is 14.5. The highest BCUT2D eigenvalue weighted by Crippen LogP contribution is 2.06. The number of hydrogen-bond acceptors (Lipinski definition) is 2. The number of rotatable bonds is 7. The van der Waals surface area contributed by atoms with Crippen molar-refractivity contribution in [2.75, 3.05) is 13.1 Å². The monoisotopic (exact) mass is 199 g/mol. The molecule has 0 aliphatic heterocycles. The highest BCUT2D eigenvalue weighted by atomic mass is 16.3. The second-order valence-corrected chi connectivity index (χ2v) is 4.57. The third-order valence-corrected chi connectivity index (χ3v) is 2.31. The molecule has 0 aromatic heterocycles. The molecule has 0 saturated carbocycles. The van der Waals surface area contributed by atoms with Crippen molar-refractivity contribution < 1.29 is 5.11 Å². The fourth-order valence-electron chi connectivity index (χ4n) is 1.45. The van der Waals surface area contributed by atoms with Crippen LogP contribution in [0.3, 0.4) is 0 Å². The molecule has 0 radical (unpaired) electrons. The molecule has 0 aromatic rings. The van der Waals surface area contributed by atoms with Crippen LogP contribution in [0.15, 0.2) is 12.7 Å². The van der Waals surface area contributed by atoms with Gasteiger partial charge < -0.3 is 10.0 Å². The van der Waals surface area contributed by atoms with E-state index < -0.39 is 0 Å². The number of aliphatic hydroxyl groups excluding tert-OH is 1. The van der Waals surface area contributed by atoms with E-state index in [-0.39, 0.29) is 6.10 Å². The molecule has 0 aliphatic carbocycles. The van der Waals surface area contributed by atoms with Gasteiger partial charge in [0.25, 0.3) is 0 Å². The summed E-state index contributed by atoms with van der Waals surface area (Å²) < 4.78 is 0. The van der Waals surface area contributed by atoms with Crippen molar-refractivity contribution in [3.8, 4) is 0 Å². The van der Waals surface area contributed by atoms with Crippen LogP contribution in [0.5, 0.6) is 0 Å². The van der Waals surface area contributed by atoms with Crippen molar-refractivity contribution in [3.05, 3.63) is 12.7 Å². The van der Waals surface area contributed by atoms with E-state index in [2.05, 4.69) is 39.2 Å². The average Bonchev–Trinajstić information content (AvgIpc) is 2.10. The lowest BCUT2D eigenvalue weighted by atomic mass is 10.1. The standard InChI is InChI=1S/C12H25NO/c1-6-12(14)7-8-13(11(4)5)9-10(2)3/h6,10-12,14H,1,7-9H2,2-5H3/t12-/m0/s1. The van der Waals surface area contributed by atoms with Gasteiger partial charge in [0.2, 0.25) is 0 Å². The Kier molecular flexibility index (Phi) is 6.85. The average molecular weight is 199 g/mol. The van der Waals surface area contributed by atoms with Gasteiger partial charge in [-0.05, 0) is 26.2 Å². The maximum atomic E-state index is 9.38. The van der Waals surface area contributed by atoms with Crippen LogP contribution in [-0.2, 0) is 0 Å². The Bertz CT molecular complexity index is 154. The van der Waals surface area contributed by atoms with E-state index in [0.717, 1.165) is 19.5 Å². The predicted octanol–water partition coefficient (Wildman–Crippen LogP) is 2.29. The molecule has 1 atom stereocenters. The third kappa shape index (κ3) is 6.17. The van der Waals surface area contributed by atoms with Crippen molar-refractivity contribution >= 4 is 0 Å². The van der Waals surface area contributed by atoms with Crippen LogP contribution < -0.4 is 0 Å². The van der Waals surface area contributed by atoms with Crippen LogP contribution in [0, 0.1) is 5.92 Å². The van der Waals surface area contributed by atoms with Crippen molar-refractivity contribution in [3.63, 3.8) is 0 Å². The van der Waals surface area contributed by atoms with E-state index in [4.69, 9.17) is 0 Å². The highest BCUT2D eigenvalue weighted by molar-refractivity contribution is 4.79. The first kappa shape index (κ1) is 13.7. The molecule has 0 heterocycles. The molecule has 0 rings (SSSR count). The Balaban J connectivity index is 3.90. The van der Waals surface area contributed by atoms with Gasteiger partial charge in [-0.2, -0.15) is 0 Å². The minimum Gasteiger partial charge on any atom is -0.389 e. The SMILES string of the molecule is C=C[C@H](O)CCN(CC(C)C)C(C)C. The number of nitrogens with zero attached hydrogens (tertiary/aromatic N) is 1. The lowest BCUT2D eigenvalue weighted by molar-refractivity contribution is 0.149. The molecule has 0 spiro atoms. The second kappa shape index (κ2) is 7.02. The van der Waals surface area contributed by atoms with Gasteiger partial charge in [0.05, 0.1) is 6.10 Å². The first-order valence-electron chi connectivity index (χ1n) is 5.52. The Hall–Kier alpha value is -0.340. The molecular weight excluding hydrogens is 174 g/mol. The van der Waals surface area contributed by atoms with E-state index in [1.54, 1.807) is 6.08 Å². The Morgan fingerprint density at radius 3 is 2.21 bits per heavy atom. The van der Waals surface area contributed by atoms with Gasteiger partial charge >= 0.3 is 0 Å². The van der Waals surface area contributed by atoms with Crippen LogP contribution >= 0.6 is 0 Å². The molecule has 1 N–H and O–H groups in total. The van der Waals surface area contributed by atoms with Crippen LogP contribution in [0.2, 0.25) is 0 Å². The number of hydrogen-bond donors (Lipinski definition) is 1. The smallest absolute Gasteiger partial charge is 0.0730 e. The Morgan fingerprint density at radius 1 is 1.29 bits per heavy atom. The Labute approximate surface area is 88.6 Å². The van der Waals surface area contributed by atoms with Crippen molar-refractivity contribution in [1.29, 1.82) is 0 Å². The van der Waals surface area contributed by atoms with E-state index in [1.807, 2.05) is 0 Å². The molecule has 0 bridgehead atoms. The molecule has 0 saturated heterocycles. The van der Waals surface area contributed by atoms with Crippen LogP contribution in [0.25, 0.3) is 0 Å². The zero-order chi connectivity index (χ0) is 11.1. The first-order valence-corrected chi connectivity index (χ1v) is 5.52. The summed E-state index contributed by atoms with van der Waals surface area (Å²) in [6, 6.07) is 0.550. The summed E-state index contributed by atoms with van der Waals surface area (Å²) in [5, 5.41) is 9.38. The van der Waals surface area contributed by atoms with E-state index in [1.165, 1.54) is 0 Å². The van der Waals surface area contributed by atoms with E-state index in [9.17, 15) is 5.11 Å². The normalized spacial score (nSPS) is 14.0.